The Labute approximate surface area is 166 Å². The van der Waals surface area contributed by atoms with Crippen molar-refractivity contribution in [3.8, 4) is 17.0 Å². The van der Waals surface area contributed by atoms with E-state index in [1.165, 1.54) is 19.1 Å². The third-order valence-electron chi connectivity index (χ3n) is 4.27. The average Bonchev–Trinajstić information content (AvgIpc) is 2.65. The van der Waals surface area contributed by atoms with Gasteiger partial charge < -0.3 is 15.5 Å². The summed E-state index contributed by atoms with van der Waals surface area (Å²) in [5.41, 5.74) is 1.57. The van der Waals surface area contributed by atoms with Gasteiger partial charge in [-0.2, -0.15) is 0 Å². The van der Waals surface area contributed by atoms with Crippen LogP contribution in [0.25, 0.3) is 11.3 Å². The fourth-order valence-corrected chi connectivity index (χ4v) is 3.01. The van der Waals surface area contributed by atoms with Gasteiger partial charge in [-0.3, -0.25) is 4.79 Å². The van der Waals surface area contributed by atoms with E-state index in [1.807, 2.05) is 19.1 Å². The van der Waals surface area contributed by atoms with Crippen LogP contribution in [0, 0.1) is 12.7 Å². The van der Waals surface area contributed by atoms with Crippen molar-refractivity contribution in [2.75, 3.05) is 5.32 Å². The first kappa shape index (κ1) is 19.8. The maximum atomic E-state index is 14.7. The molecule has 5 nitrogen and oxygen atoms in total. The molecule has 0 radical (unpaired) electrons. The monoisotopic (exact) mass is 400 g/mol. The highest BCUT2D eigenvalue weighted by Gasteiger charge is 2.19. The number of nitrogens with one attached hydrogen (secondary N) is 1. The van der Waals surface area contributed by atoms with Crippen LogP contribution in [0.15, 0.2) is 48.5 Å². The lowest BCUT2D eigenvalue weighted by atomic mass is 10.0. The summed E-state index contributed by atoms with van der Waals surface area (Å²) in [5, 5.41) is 22.9. The summed E-state index contributed by atoms with van der Waals surface area (Å²) in [6.07, 6.45) is -0.941. The molecular formula is C21H18ClFN2O3. The topological polar surface area (TPSA) is 82.5 Å². The van der Waals surface area contributed by atoms with Crippen molar-refractivity contribution in [2.45, 2.75) is 20.0 Å². The minimum absolute atomic E-state index is 0.0106. The number of para-hydroxylation sites is 1. The molecule has 2 aromatic carbocycles. The largest absolute Gasteiger partial charge is 0.507 e. The molecule has 3 rings (SSSR count). The van der Waals surface area contributed by atoms with Gasteiger partial charge in [-0.1, -0.05) is 29.8 Å². The van der Waals surface area contributed by atoms with Crippen LogP contribution in [0.5, 0.6) is 5.75 Å². The van der Waals surface area contributed by atoms with Gasteiger partial charge in [-0.05, 0) is 49.7 Å². The summed E-state index contributed by atoms with van der Waals surface area (Å²) in [4.78, 5) is 16.6. The van der Waals surface area contributed by atoms with Crippen molar-refractivity contribution >= 4 is 23.2 Å². The number of pyridine rings is 1. The summed E-state index contributed by atoms with van der Waals surface area (Å²) in [5.74, 6) is -1.76. The van der Waals surface area contributed by atoms with Gasteiger partial charge in [0.1, 0.15) is 11.6 Å². The molecule has 0 saturated heterocycles. The molecule has 1 amide bonds. The number of phenolic OH excluding ortho intramolecular Hbond substituents is 1. The third kappa shape index (κ3) is 3.98. The van der Waals surface area contributed by atoms with Crippen molar-refractivity contribution in [3.63, 3.8) is 0 Å². The lowest BCUT2D eigenvalue weighted by Crippen LogP contribution is -2.13. The minimum atomic E-state index is -0.941. The van der Waals surface area contributed by atoms with Crippen LogP contribution in [0.3, 0.4) is 0 Å². The number of halogens is 2. The number of benzene rings is 2. The van der Waals surface area contributed by atoms with Gasteiger partial charge in [-0.25, -0.2) is 9.37 Å². The maximum absolute atomic E-state index is 14.7. The molecule has 3 aromatic rings. The molecule has 0 saturated carbocycles. The van der Waals surface area contributed by atoms with Crippen molar-refractivity contribution in [2.24, 2.45) is 0 Å². The number of aliphatic hydroxyl groups is 1. The van der Waals surface area contributed by atoms with Crippen LogP contribution in [0.4, 0.5) is 10.1 Å². The number of aryl methyl sites for hydroxylation is 1. The molecule has 0 spiro atoms. The predicted octanol–water partition coefficient (Wildman–Crippen LogP) is 4.86. The molecule has 0 fully saturated rings. The van der Waals surface area contributed by atoms with E-state index in [0.717, 1.165) is 17.7 Å². The number of carbonyl (C=O) groups excluding carboxylic acids is 1. The molecule has 1 heterocycles. The molecule has 1 aromatic heterocycles. The molecule has 3 N–H and O–H groups in total. The van der Waals surface area contributed by atoms with Crippen LogP contribution in [0.1, 0.15) is 34.6 Å². The molecule has 0 aliphatic heterocycles. The Morgan fingerprint density at radius 2 is 1.93 bits per heavy atom. The van der Waals surface area contributed by atoms with E-state index in [-0.39, 0.29) is 27.5 Å². The highest BCUT2D eigenvalue weighted by molar-refractivity contribution is 6.31. The second-order valence-corrected chi connectivity index (χ2v) is 6.76. The number of nitrogens with zero attached hydrogens (tertiary/aromatic N) is 1. The lowest BCUT2D eigenvalue weighted by Gasteiger charge is -2.12. The Morgan fingerprint density at radius 3 is 2.61 bits per heavy atom. The van der Waals surface area contributed by atoms with E-state index in [9.17, 15) is 19.4 Å². The van der Waals surface area contributed by atoms with Crippen molar-refractivity contribution in [1.82, 2.24) is 4.98 Å². The normalized spacial score (nSPS) is 11.9. The summed E-state index contributed by atoms with van der Waals surface area (Å²) in [6, 6.07) is 12.2. The number of carbonyl (C=O) groups is 1. The Hall–Kier alpha value is -2.96. The minimum Gasteiger partial charge on any atom is -0.507 e. The van der Waals surface area contributed by atoms with Crippen molar-refractivity contribution in [1.29, 1.82) is 0 Å². The molecule has 1 unspecified atom stereocenters. The summed E-state index contributed by atoms with van der Waals surface area (Å²) >= 11 is 5.99. The second-order valence-electron chi connectivity index (χ2n) is 6.36. The summed E-state index contributed by atoms with van der Waals surface area (Å²) < 4.78 is 14.7. The van der Waals surface area contributed by atoms with Gasteiger partial charge in [0.25, 0.3) is 5.91 Å². The zero-order valence-corrected chi connectivity index (χ0v) is 16.0. The van der Waals surface area contributed by atoms with Crippen LogP contribution in [0.2, 0.25) is 5.02 Å². The fraction of sp³-hybridized carbons (Fsp3) is 0.143. The number of aromatic nitrogens is 1. The Bertz CT molecular complexity index is 1050. The number of hydrogen-bond donors (Lipinski definition) is 3. The molecular weight excluding hydrogens is 383 g/mol. The van der Waals surface area contributed by atoms with Crippen molar-refractivity contribution in [3.05, 3.63) is 76.2 Å². The maximum Gasteiger partial charge on any atom is 0.259 e. The first-order valence-electron chi connectivity index (χ1n) is 8.52. The van der Waals surface area contributed by atoms with Gasteiger partial charge >= 0.3 is 0 Å². The Kier molecular flexibility index (Phi) is 5.63. The average molecular weight is 401 g/mol. The Morgan fingerprint density at radius 1 is 1.21 bits per heavy atom. The zero-order chi connectivity index (χ0) is 20.4. The van der Waals surface area contributed by atoms with Crippen LogP contribution in [-0.2, 0) is 0 Å². The third-order valence-corrected chi connectivity index (χ3v) is 4.59. The standard InChI is InChI=1S/C21H18ClFN2O3/c1-11-5-3-4-6-17(11)25-21(28)14-9-16(23)13(10-19(14)27)18-8-7-15(22)20(24-18)12(2)26/h3-10,12,26-27H,1-2H3,(H,25,28). The van der Waals surface area contributed by atoms with E-state index in [0.29, 0.717) is 5.69 Å². The van der Waals surface area contributed by atoms with Crippen LogP contribution in [-0.4, -0.2) is 21.1 Å². The first-order chi connectivity index (χ1) is 13.3. The highest BCUT2D eigenvalue weighted by atomic mass is 35.5. The molecule has 7 heteroatoms. The quantitative estimate of drug-likeness (QED) is 0.584. The smallest absolute Gasteiger partial charge is 0.259 e. The number of amides is 1. The van der Waals surface area contributed by atoms with E-state index in [2.05, 4.69) is 10.3 Å². The number of aliphatic hydroxyl groups excluding tert-OH is 1. The molecule has 0 aliphatic carbocycles. The van der Waals surface area contributed by atoms with Gasteiger partial charge in [0.2, 0.25) is 0 Å². The van der Waals surface area contributed by atoms with Crippen LogP contribution >= 0.6 is 11.6 Å². The number of aromatic hydroxyl groups is 1. The van der Waals surface area contributed by atoms with E-state index in [4.69, 9.17) is 11.6 Å². The van der Waals surface area contributed by atoms with Gasteiger partial charge in [-0.15, -0.1) is 0 Å². The van der Waals surface area contributed by atoms with Gasteiger partial charge in [0.15, 0.2) is 0 Å². The molecule has 0 bridgehead atoms. The van der Waals surface area contributed by atoms with E-state index < -0.39 is 23.6 Å². The zero-order valence-electron chi connectivity index (χ0n) is 15.2. The highest BCUT2D eigenvalue weighted by Crippen LogP contribution is 2.32. The van der Waals surface area contributed by atoms with Crippen LogP contribution < -0.4 is 5.32 Å². The molecule has 0 aliphatic rings. The van der Waals surface area contributed by atoms with Crippen molar-refractivity contribution < 1.29 is 19.4 Å². The number of phenols is 1. The predicted molar refractivity (Wildman–Crippen MR) is 106 cm³/mol. The number of hydrogen-bond acceptors (Lipinski definition) is 4. The first-order valence-corrected chi connectivity index (χ1v) is 8.90. The van der Waals surface area contributed by atoms with Gasteiger partial charge in [0, 0.05) is 11.3 Å². The van der Waals surface area contributed by atoms with E-state index in [1.54, 1.807) is 12.1 Å². The number of anilines is 1. The lowest BCUT2D eigenvalue weighted by molar-refractivity contribution is 0.102. The fourth-order valence-electron chi connectivity index (χ4n) is 2.74. The van der Waals surface area contributed by atoms with Gasteiger partial charge in [0.05, 0.1) is 28.1 Å². The summed E-state index contributed by atoms with van der Waals surface area (Å²) in [6.45, 7) is 3.32. The SMILES string of the molecule is Cc1ccccc1NC(=O)c1cc(F)c(-c2ccc(Cl)c(C(C)O)n2)cc1O. The molecule has 1 atom stereocenters. The second kappa shape index (κ2) is 7.96. The summed E-state index contributed by atoms with van der Waals surface area (Å²) in [7, 11) is 0. The Balaban J connectivity index is 1.96. The number of rotatable bonds is 4. The van der Waals surface area contributed by atoms with E-state index >= 15 is 0 Å². The molecule has 144 valence electrons. The molecule has 28 heavy (non-hydrogen) atoms.